The van der Waals surface area contributed by atoms with Gasteiger partial charge in [-0.25, -0.2) is 0 Å². The maximum atomic E-state index is 9.20. The molecule has 0 bridgehead atoms. The minimum Gasteiger partial charge on any atom is -0.392 e. The molecule has 1 N–H and O–H groups in total. The van der Waals surface area contributed by atoms with Gasteiger partial charge in [0.25, 0.3) is 0 Å². The van der Waals surface area contributed by atoms with Crippen molar-refractivity contribution in [1.29, 1.82) is 0 Å². The topological polar surface area (TPSA) is 20.2 Å². The lowest BCUT2D eigenvalue weighted by atomic mass is 10.2. The molecule has 0 saturated heterocycles. The first-order valence-electron chi connectivity index (χ1n) is 4.11. The van der Waals surface area contributed by atoms with Crippen molar-refractivity contribution in [2.75, 3.05) is 6.26 Å². The van der Waals surface area contributed by atoms with Gasteiger partial charge in [0.2, 0.25) is 0 Å². The van der Waals surface area contributed by atoms with Crippen LogP contribution in [0.4, 0.5) is 0 Å². The Morgan fingerprint density at radius 3 is 3.00 bits per heavy atom. The second-order valence-electron chi connectivity index (χ2n) is 2.87. The van der Waals surface area contributed by atoms with Gasteiger partial charge in [0.05, 0.1) is 6.61 Å². The van der Waals surface area contributed by atoms with Gasteiger partial charge in [-0.2, -0.15) is 0 Å². The van der Waals surface area contributed by atoms with E-state index in [-0.39, 0.29) is 6.61 Å². The quantitative estimate of drug-likeness (QED) is 0.847. The van der Waals surface area contributed by atoms with Crippen molar-refractivity contribution in [3.05, 3.63) is 27.5 Å². The summed E-state index contributed by atoms with van der Waals surface area (Å²) in [6.45, 7) is 0.0853. The third kappa shape index (κ3) is 1.60. The summed E-state index contributed by atoms with van der Waals surface area (Å²) >= 11 is 6.95. The predicted octanol–water partition coefficient (Wildman–Crippen LogP) is 3.88. The van der Waals surface area contributed by atoms with Crippen LogP contribution in [0.1, 0.15) is 5.56 Å². The largest absolute Gasteiger partial charge is 0.392 e. The zero-order chi connectivity index (χ0) is 10.1. The first kappa shape index (κ1) is 10.5. The third-order valence-electron chi connectivity index (χ3n) is 2.10. The van der Waals surface area contributed by atoms with E-state index in [1.54, 1.807) is 23.1 Å². The number of aliphatic hydroxyl groups excluding tert-OH is 1. The summed E-state index contributed by atoms with van der Waals surface area (Å²) in [7, 11) is 0. The predicted molar refractivity (Wildman–Crippen MR) is 67.2 cm³/mol. The van der Waals surface area contributed by atoms with Crippen LogP contribution < -0.4 is 0 Å². The smallest absolute Gasteiger partial charge is 0.0693 e. The van der Waals surface area contributed by atoms with Gasteiger partial charge in [-0.15, -0.1) is 23.1 Å². The van der Waals surface area contributed by atoms with Crippen LogP contribution in [0, 0.1) is 0 Å². The van der Waals surface area contributed by atoms with Crippen LogP contribution in [0.15, 0.2) is 26.9 Å². The highest BCUT2D eigenvalue weighted by molar-refractivity contribution is 9.10. The number of hydrogen-bond acceptors (Lipinski definition) is 3. The fourth-order valence-corrected chi connectivity index (χ4v) is 3.99. The molecule has 1 nitrogen and oxygen atoms in total. The van der Waals surface area contributed by atoms with Gasteiger partial charge >= 0.3 is 0 Å². The van der Waals surface area contributed by atoms with Crippen molar-refractivity contribution in [2.24, 2.45) is 0 Å². The van der Waals surface area contributed by atoms with E-state index in [9.17, 15) is 5.11 Å². The van der Waals surface area contributed by atoms with Crippen molar-refractivity contribution in [3.8, 4) is 0 Å². The minimum atomic E-state index is 0.0853. The molecular weight excluding hydrogens is 280 g/mol. The maximum Gasteiger partial charge on any atom is 0.0693 e. The SMILES string of the molecule is CSc1c(Br)c(CO)cc2sccc12. The highest BCUT2D eigenvalue weighted by atomic mass is 79.9. The van der Waals surface area contributed by atoms with E-state index in [4.69, 9.17) is 0 Å². The van der Waals surface area contributed by atoms with E-state index < -0.39 is 0 Å². The average Bonchev–Trinajstić information content (AvgIpc) is 2.64. The summed E-state index contributed by atoms with van der Waals surface area (Å²) in [5, 5.41) is 12.6. The number of thioether (sulfide) groups is 1. The monoisotopic (exact) mass is 288 g/mol. The van der Waals surface area contributed by atoms with E-state index >= 15 is 0 Å². The molecule has 0 fully saturated rings. The zero-order valence-electron chi connectivity index (χ0n) is 7.58. The molecule has 0 radical (unpaired) electrons. The first-order valence-corrected chi connectivity index (χ1v) is 7.01. The Balaban J connectivity index is 2.80. The number of fused-ring (bicyclic) bond motifs is 1. The molecule has 4 heteroatoms. The normalized spacial score (nSPS) is 11.1. The maximum absolute atomic E-state index is 9.20. The fraction of sp³-hybridized carbons (Fsp3) is 0.200. The summed E-state index contributed by atoms with van der Waals surface area (Å²) in [5.74, 6) is 0. The molecule has 0 aliphatic rings. The van der Waals surface area contributed by atoms with Crippen LogP contribution in [-0.2, 0) is 6.61 Å². The molecule has 0 aliphatic carbocycles. The molecule has 14 heavy (non-hydrogen) atoms. The highest BCUT2D eigenvalue weighted by Crippen LogP contribution is 2.38. The average molecular weight is 289 g/mol. The molecule has 1 aromatic carbocycles. The molecular formula is C10H9BrOS2. The van der Waals surface area contributed by atoms with Crippen LogP contribution in [-0.4, -0.2) is 11.4 Å². The second kappa shape index (κ2) is 4.23. The highest BCUT2D eigenvalue weighted by Gasteiger charge is 2.10. The van der Waals surface area contributed by atoms with Crippen molar-refractivity contribution >= 4 is 49.1 Å². The third-order valence-corrected chi connectivity index (χ3v) is 4.97. The van der Waals surface area contributed by atoms with Gasteiger partial charge in [-0.05, 0) is 45.3 Å². The summed E-state index contributed by atoms with van der Waals surface area (Å²) in [5.41, 5.74) is 0.962. The molecule has 0 spiro atoms. The molecule has 1 heterocycles. The molecule has 1 aromatic heterocycles. The molecule has 0 unspecified atom stereocenters. The van der Waals surface area contributed by atoms with Crippen LogP contribution in [0.5, 0.6) is 0 Å². The van der Waals surface area contributed by atoms with Gasteiger partial charge in [0.15, 0.2) is 0 Å². The van der Waals surface area contributed by atoms with E-state index in [1.807, 2.05) is 6.07 Å². The Morgan fingerprint density at radius 2 is 2.36 bits per heavy atom. The van der Waals surface area contributed by atoms with Gasteiger partial charge < -0.3 is 5.11 Å². The van der Waals surface area contributed by atoms with Crippen molar-refractivity contribution in [3.63, 3.8) is 0 Å². The van der Waals surface area contributed by atoms with Crippen molar-refractivity contribution in [1.82, 2.24) is 0 Å². The minimum absolute atomic E-state index is 0.0853. The van der Waals surface area contributed by atoms with Crippen LogP contribution >= 0.6 is 39.0 Å². The summed E-state index contributed by atoms with van der Waals surface area (Å²) in [4.78, 5) is 1.22. The van der Waals surface area contributed by atoms with Crippen LogP contribution in [0.3, 0.4) is 0 Å². The van der Waals surface area contributed by atoms with Crippen LogP contribution in [0.25, 0.3) is 10.1 Å². The Labute approximate surface area is 99.3 Å². The van der Waals surface area contributed by atoms with Gasteiger partial charge in [-0.3, -0.25) is 0 Å². The van der Waals surface area contributed by atoms with Gasteiger partial charge in [0.1, 0.15) is 0 Å². The van der Waals surface area contributed by atoms with Gasteiger partial charge in [-0.1, -0.05) is 0 Å². The summed E-state index contributed by atoms with van der Waals surface area (Å²) < 4.78 is 2.26. The molecule has 0 amide bonds. The van der Waals surface area contributed by atoms with Crippen LogP contribution in [0.2, 0.25) is 0 Å². The summed E-state index contributed by atoms with van der Waals surface area (Å²) in [6.07, 6.45) is 2.05. The Bertz CT molecular complexity index is 464. The van der Waals surface area contributed by atoms with Crippen molar-refractivity contribution < 1.29 is 5.11 Å². The lowest BCUT2D eigenvalue weighted by Crippen LogP contribution is -1.87. The molecule has 0 saturated carbocycles. The molecule has 0 aliphatic heterocycles. The Kier molecular flexibility index (Phi) is 3.17. The zero-order valence-corrected chi connectivity index (χ0v) is 10.8. The summed E-state index contributed by atoms with van der Waals surface area (Å²) in [6, 6.07) is 4.17. The Hall–Kier alpha value is -0.0300. The van der Waals surface area contributed by atoms with E-state index in [0.29, 0.717) is 0 Å². The number of halogens is 1. The van der Waals surface area contributed by atoms with Gasteiger partial charge in [0, 0.05) is 19.5 Å². The van der Waals surface area contributed by atoms with E-state index in [2.05, 4.69) is 33.6 Å². The number of aliphatic hydroxyl groups is 1. The van der Waals surface area contributed by atoms with E-state index in [1.165, 1.54) is 15.0 Å². The lowest BCUT2D eigenvalue weighted by Gasteiger charge is -2.07. The molecule has 74 valence electrons. The molecule has 2 aromatic rings. The first-order chi connectivity index (χ1) is 6.77. The number of thiophene rings is 1. The van der Waals surface area contributed by atoms with E-state index in [0.717, 1.165) is 10.0 Å². The lowest BCUT2D eigenvalue weighted by molar-refractivity contribution is 0.281. The standard InChI is InChI=1S/C10H9BrOS2/c1-13-10-7-2-3-14-8(7)4-6(5-12)9(10)11/h2-4,12H,5H2,1H3. The number of benzene rings is 1. The second-order valence-corrected chi connectivity index (χ2v) is 5.43. The van der Waals surface area contributed by atoms with Crippen molar-refractivity contribution in [2.45, 2.75) is 11.5 Å². The molecule has 0 atom stereocenters. The molecule has 2 rings (SSSR count). The fourth-order valence-electron chi connectivity index (χ4n) is 1.42. The number of hydrogen-bond donors (Lipinski definition) is 1. The Morgan fingerprint density at radius 1 is 1.57 bits per heavy atom. The number of rotatable bonds is 2.